The van der Waals surface area contributed by atoms with Crippen molar-refractivity contribution in [1.82, 2.24) is 15.2 Å². The molecule has 5 nitrogen and oxygen atoms in total. The molecule has 1 aliphatic heterocycles. The first-order valence-electron chi connectivity index (χ1n) is 7.53. The van der Waals surface area contributed by atoms with Gasteiger partial charge in [-0.2, -0.15) is 0 Å². The van der Waals surface area contributed by atoms with Crippen molar-refractivity contribution >= 4 is 18.3 Å². The first-order valence-corrected chi connectivity index (χ1v) is 7.53. The quantitative estimate of drug-likeness (QED) is 0.870. The van der Waals surface area contributed by atoms with E-state index in [0.29, 0.717) is 30.9 Å². The Kier molecular flexibility index (Phi) is 5.75. The van der Waals surface area contributed by atoms with Crippen LogP contribution < -0.4 is 10.9 Å². The van der Waals surface area contributed by atoms with Gasteiger partial charge in [0.15, 0.2) is 0 Å². The molecule has 0 saturated carbocycles. The highest BCUT2D eigenvalue weighted by atomic mass is 35.5. The average Bonchev–Trinajstić information content (AvgIpc) is 2.54. The van der Waals surface area contributed by atoms with E-state index in [1.807, 2.05) is 0 Å². The Balaban J connectivity index is 0.00000208. The van der Waals surface area contributed by atoms with Crippen molar-refractivity contribution in [3.8, 4) is 0 Å². The molecule has 1 amide bonds. The lowest BCUT2D eigenvalue weighted by Gasteiger charge is -2.36. The number of amides is 1. The minimum absolute atomic E-state index is 0. The first-order chi connectivity index (χ1) is 11.1. The number of halogens is 2. The van der Waals surface area contributed by atoms with Crippen LogP contribution in [0, 0.1) is 12.7 Å². The topological polar surface area (TPSA) is 65.2 Å². The molecule has 7 heteroatoms. The highest BCUT2D eigenvalue weighted by Crippen LogP contribution is 2.24. The van der Waals surface area contributed by atoms with Crippen LogP contribution >= 0.6 is 12.4 Å². The van der Waals surface area contributed by atoms with Gasteiger partial charge in [0.05, 0.1) is 6.04 Å². The molecule has 3 rings (SSSR count). The van der Waals surface area contributed by atoms with Gasteiger partial charge >= 0.3 is 0 Å². The molecule has 1 saturated heterocycles. The Morgan fingerprint density at radius 2 is 2.08 bits per heavy atom. The Morgan fingerprint density at radius 1 is 1.29 bits per heavy atom. The van der Waals surface area contributed by atoms with Crippen LogP contribution in [0.25, 0.3) is 0 Å². The number of aryl methyl sites for hydroxylation is 1. The molecule has 2 aromatic rings. The number of benzene rings is 1. The zero-order valence-corrected chi connectivity index (χ0v) is 14.0. The molecule has 0 bridgehead atoms. The van der Waals surface area contributed by atoms with Crippen molar-refractivity contribution in [2.75, 3.05) is 19.6 Å². The summed E-state index contributed by atoms with van der Waals surface area (Å²) in [6.45, 7) is 3.39. The van der Waals surface area contributed by atoms with Crippen LogP contribution in [-0.2, 0) is 0 Å². The van der Waals surface area contributed by atoms with E-state index in [0.717, 1.165) is 0 Å². The number of H-pyrrole nitrogens is 1. The van der Waals surface area contributed by atoms with E-state index in [4.69, 9.17) is 0 Å². The highest BCUT2D eigenvalue weighted by molar-refractivity contribution is 5.94. The molecule has 0 radical (unpaired) electrons. The van der Waals surface area contributed by atoms with Gasteiger partial charge in [-0.25, -0.2) is 4.39 Å². The van der Waals surface area contributed by atoms with Gasteiger partial charge in [-0.1, -0.05) is 12.1 Å². The van der Waals surface area contributed by atoms with Crippen LogP contribution in [0.3, 0.4) is 0 Å². The molecule has 1 unspecified atom stereocenters. The molecule has 1 fully saturated rings. The van der Waals surface area contributed by atoms with Crippen molar-refractivity contribution in [3.63, 3.8) is 0 Å². The van der Waals surface area contributed by atoms with Crippen LogP contribution in [0.2, 0.25) is 0 Å². The first kappa shape index (κ1) is 18.2. The van der Waals surface area contributed by atoms with Crippen molar-refractivity contribution < 1.29 is 9.18 Å². The lowest BCUT2D eigenvalue weighted by atomic mass is 10.0. The zero-order valence-electron chi connectivity index (χ0n) is 13.2. The number of nitrogens with zero attached hydrogens (tertiary/aromatic N) is 1. The highest BCUT2D eigenvalue weighted by Gasteiger charge is 2.30. The molecular weight excluding hydrogens is 333 g/mol. The maximum absolute atomic E-state index is 13.5. The van der Waals surface area contributed by atoms with E-state index in [1.54, 1.807) is 36.1 Å². The molecule has 24 heavy (non-hydrogen) atoms. The molecule has 2 N–H and O–H groups in total. The summed E-state index contributed by atoms with van der Waals surface area (Å²) < 4.78 is 13.5. The van der Waals surface area contributed by atoms with Gasteiger partial charge in [0, 0.05) is 25.3 Å². The van der Waals surface area contributed by atoms with Gasteiger partial charge in [-0.15, -0.1) is 12.4 Å². The van der Waals surface area contributed by atoms with Gasteiger partial charge < -0.3 is 15.2 Å². The predicted octanol–water partition coefficient (Wildman–Crippen LogP) is 2.03. The average molecular weight is 352 g/mol. The Bertz CT molecular complexity index is 793. The van der Waals surface area contributed by atoms with Crippen molar-refractivity contribution in [1.29, 1.82) is 0 Å². The van der Waals surface area contributed by atoms with Crippen LogP contribution in [0.1, 0.15) is 27.7 Å². The van der Waals surface area contributed by atoms with Gasteiger partial charge in [0.25, 0.3) is 11.5 Å². The SMILES string of the molecule is Cc1ccc(C(=O)N2CCNCC2c2cccc(F)c2)c(=O)[nH]1.Cl. The minimum Gasteiger partial charge on any atom is -0.329 e. The summed E-state index contributed by atoms with van der Waals surface area (Å²) >= 11 is 0. The Hall–Kier alpha value is -2.18. The number of nitrogens with one attached hydrogen (secondary N) is 2. The number of aromatic nitrogens is 1. The van der Waals surface area contributed by atoms with E-state index in [1.165, 1.54) is 12.1 Å². The van der Waals surface area contributed by atoms with E-state index in [-0.39, 0.29) is 35.7 Å². The Morgan fingerprint density at radius 3 is 2.79 bits per heavy atom. The molecule has 1 aliphatic rings. The van der Waals surface area contributed by atoms with Crippen molar-refractivity contribution in [2.24, 2.45) is 0 Å². The fourth-order valence-electron chi connectivity index (χ4n) is 2.85. The third-order valence-electron chi connectivity index (χ3n) is 4.02. The third kappa shape index (κ3) is 3.66. The molecule has 128 valence electrons. The number of carbonyl (C=O) groups excluding carboxylic acids is 1. The lowest BCUT2D eigenvalue weighted by Crippen LogP contribution is -2.49. The fraction of sp³-hybridized carbons (Fsp3) is 0.294. The summed E-state index contributed by atoms with van der Waals surface area (Å²) in [7, 11) is 0. The summed E-state index contributed by atoms with van der Waals surface area (Å²) in [5, 5.41) is 3.21. The molecule has 1 aromatic heterocycles. The van der Waals surface area contributed by atoms with Crippen molar-refractivity contribution in [3.05, 3.63) is 69.4 Å². The molecular formula is C17H19ClFN3O2. The molecule has 0 spiro atoms. The summed E-state index contributed by atoms with van der Waals surface area (Å²) in [6, 6.07) is 9.16. The van der Waals surface area contributed by atoms with E-state index in [2.05, 4.69) is 10.3 Å². The van der Waals surface area contributed by atoms with Gasteiger partial charge in [0.2, 0.25) is 0 Å². The second-order valence-corrected chi connectivity index (χ2v) is 5.66. The molecule has 2 heterocycles. The number of hydrogen-bond donors (Lipinski definition) is 2. The normalized spacial score (nSPS) is 17.2. The van der Waals surface area contributed by atoms with Crippen LogP contribution in [0.5, 0.6) is 0 Å². The summed E-state index contributed by atoms with van der Waals surface area (Å²) in [5.41, 5.74) is 1.13. The van der Waals surface area contributed by atoms with E-state index in [9.17, 15) is 14.0 Å². The maximum Gasteiger partial charge on any atom is 0.260 e. The number of hydrogen-bond acceptors (Lipinski definition) is 3. The van der Waals surface area contributed by atoms with E-state index < -0.39 is 5.56 Å². The van der Waals surface area contributed by atoms with Gasteiger partial charge in [-0.3, -0.25) is 9.59 Å². The van der Waals surface area contributed by atoms with E-state index >= 15 is 0 Å². The molecule has 1 aromatic carbocycles. The second kappa shape index (κ2) is 7.59. The number of rotatable bonds is 2. The zero-order chi connectivity index (χ0) is 16.4. The number of carbonyl (C=O) groups is 1. The molecule has 0 aliphatic carbocycles. The second-order valence-electron chi connectivity index (χ2n) is 5.66. The number of piperazine rings is 1. The number of pyridine rings is 1. The maximum atomic E-state index is 13.5. The summed E-state index contributed by atoms with van der Waals surface area (Å²) in [4.78, 5) is 29.1. The summed E-state index contributed by atoms with van der Waals surface area (Å²) in [6.07, 6.45) is 0. The smallest absolute Gasteiger partial charge is 0.260 e. The number of aromatic amines is 1. The Labute approximate surface area is 145 Å². The fourth-order valence-corrected chi connectivity index (χ4v) is 2.85. The van der Waals surface area contributed by atoms with Crippen LogP contribution in [0.4, 0.5) is 4.39 Å². The van der Waals surface area contributed by atoms with Crippen molar-refractivity contribution in [2.45, 2.75) is 13.0 Å². The third-order valence-corrected chi connectivity index (χ3v) is 4.02. The lowest BCUT2D eigenvalue weighted by molar-refractivity contribution is 0.0632. The van der Waals surface area contributed by atoms with Crippen LogP contribution in [-0.4, -0.2) is 35.4 Å². The molecule has 1 atom stereocenters. The van der Waals surface area contributed by atoms with Gasteiger partial charge in [-0.05, 0) is 36.8 Å². The van der Waals surface area contributed by atoms with Crippen LogP contribution in [0.15, 0.2) is 41.2 Å². The standard InChI is InChI=1S/C17H18FN3O2.ClH/c1-11-5-6-14(16(22)20-11)17(23)21-8-7-19-10-15(21)12-3-2-4-13(18)9-12;/h2-6,9,15,19H,7-8,10H2,1H3,(H,20,22);1H. The predicted molar refractivity (Wildman–Crippen MR) is 92.1 cm³/mol. The minimum atomic E-state index is -0.397. The monoisotopic (exact) mass is 351 g/mol. The summed E-state index contributed by atoms with van der Waals surface area (Å²) in [5.74, 6) is -0.671. The van der Waals surface area contributed by atoms with Gasteiger partial charge in [0.1, 0.15) is 11.4 Å². The largest absolute Gasteiger partial charge is 0.329 e.